The summed E-state index contributed by atoms with van der Waals surface area (Å²) in [5, 5.41) is 0. The first-order valence-electron chi connectivity index (χ1n) is 9.03. The molecule has 4 rings (SSSR count). The lowest BCUT2D eigenvalue weighted by Gasteiger charge is -2.19. The fourth-order valence-corrected chi connectivity index (χ4v) is 4.19. The molecule has 25 heavy (non-hydrogen) atoms. The van der Waals surface area contributed by atoms with E-state index in [1.165, 1.54) is 0 Å². The van der Waals surface area contributed by atoms with Crippen molar-refractivity contribution < 1.29 is 9.53 Å². The van der Waals surface area contributed by atoms with Crippen LogP contribution in [0.15, 0.2) is 54.6 Å². The maximum Gasteiger partial charge on any atom is 0.260 e. The van der Waals surface area contributed by atoms with Gasteiger partial charge in [-0.25, -0.2) is 0 Å². The number of hydrogen-bond donors (Lipinski definition) is 1. The predicted molar refractivity (Wildman–Crippen MR) is 98.1 cm³/mol. The van der Waals surface area contributed by atoms with Crippen LogP contribution in [0.25, 0.3) is 11.1 Å². The Labute approximate surface area is 148 Å². The molecule has 2 fully saturated rings. The Kier molecular flexibility index (Phi) is 4.45. The number of amides is 1. The van der Waals surface area contributed by atoms with Crippen LogP contribution in [0.5, 0.6) is 5.75 Å². The fraction of sp³-hybridized carbons (Fsp3) is 0.381. The van der Waals surface area contributed by atoms with Crippen LogP contribution in [0.2, 0.25) is 0 Å². The van der Waals surface area contributed by atoms with Gasteiger partial charge in [0.2, 0.25) is 0 Å². The number of benzene rings is 2. The van der Waals surface area contributed by atoms with E-state index in [1.807, 2.05) is 59.5 Å². The molecule has 0 radical (unpaired) electrons. The molecule has 1 heterocycles. The average Bonchev–Trinajstić information content (AvgIpc) is 3.23. The molecule has 2 N–H and O–H groups in total. The molecule has 1 amide bonds. The van der Waals surface area contributed by atoms with E-state index >= 15 is 0 Å². The maximum atomic E-state index is 12.6. The lowest BCUT2D eigenvalue weighted by atomic mass is 9.98. The van der Waals surface area contributed by atoms with E-state index in [9.17, 15) is 4.79 Å². The molecule has 3 atom stereocenters. The minimum Gasteiger partial charge on any atom is -0.483 e. The number of hydrogen-bond acceptors (Lipinski definition) is 3. The highest BCUT2D eigenvalue weighted by atomic mass is 16.5. The van der Waals surface area contributed by atoms with Crippen LogP contribution in [0.4, 0.5) is 0 Å². The number of para-hydroxylation sites is 1. The Balaban J connectivity index is 1.42. The zero-order valence-corrected chi connectivity index (χ0v) is 14.3. The SMILES string of the molecule is NC1CCC2CN(C(=O)COc3ccccc3-c3ccccc3)CC12. The molecule has 4 nitrogen and oxygen atoms in total. The number of carbonyl (C=O) groups is 1. The lowest BCUT2D eigenvalue weighted by Crippen LogP contribution is -2.36. The summed E-state index contributed by atoms with van der Waals surface area (Å²) < 4.78 is 5.89. The Morgan fingerprint density at radius 1 is 1.04 bits per heavy atom. The van der Waals surface area contributed by atoms with E-state index in [2.05, 4.69) is 0 Å². The Bertz CT molecular complexity index is 747. The van der Waals surface area contributed by atoms with Gasteiger partial charge >= 0.3 is 0 Å². The van der Waals surface area contributed by atoms with Crippen LogP contribution < -0.4 is 10.5 Å². The van der Waals surface area contributed by atoms with Gasteiger partial charge in [0.15, 0.2) is 6.61 Å². The van der Waals surface area contributed by atoms with E-state index in [1.54, 1.807) is 0 Å². The summed E-state index contributed by atoms with van der Waals surface area (Å²) in [5.74, 6) is 1.86. The summed E-state index contributed by atoms with van der Waals surface area (Å²) in [4.78, 5) is 14.5. The van der Waals surface area contributed by atoms with E-state index in [0.29, 0.717) is 11.8 Å². The predicted octanol–water partition coefficient (Wildman–Crippen LogP) is 2.93. The molecule has 3 unspecified atom stereocenters. The maximum absolute atomic E-state index is 12.6. The van der Waals surface area contributed by atoms with Crippen molar-refractivity contribution >= 4 is 5.91 Å². The molecule has 0 bridgehead atoms. The summed E-state index contributed by atoms with van der Waals surface area (Å²) in [7, 11) is 0. The number of rotatable bonds is 4. The van der Waals surface area contributed by atoms with Crippen molar-refractivity contribution in [2.75, 3.05) is 19.7 Å². The highest BCUT2D eigenvalue weighted by Crippen LogP contribution is 2.37. The molecule has 4 heteroatoms. The zero-order valence-electron chi connectivity index (χ0n) is 14.3. The molecule has 1 aliphatic carbocycles. The van der Waals surface area contributed by atoms with E-state index in [4.69, 9.17) is 10.5 Å². The van der Waals surface area contributed by atoms with Crippen molar-refractivity contribution in [1.82, 2.24) is 4.90 Å². The number of nitrogens with zero attached hydrogens (tertiary/aromatic N) is 1. The molecule has 2 aliphatic rings. The summed E-state index contributed by atoms with van der Waals surface area (Å²) in [6, 6.07) is 18.2. The first-order chi connectivity index (χ1) is 12.2. The van der Waals surface area contributed by atoms with Crippen LogP contribution >= 0.6 is 0 Å². The molecule has 2 aromatic rings. The van der Waals surface area contributed by atoms with Gasteiger partial charge < -0.3 is 15.4 Å². The number of carbonyl (C=O) groups excluding carboxylic acids is 1. The summed E-state index contributed by atoms with van der Waals surface area (Å²) >= 11 is 0. The van der Waals surface area contributed by atoms with E-state index in [0.717, 1.165) is 42.8 Å². The molecule has 0 spiro atoms. The third-order valence-corrected chi connectivity index (χ3v) is 5.59. The van der Waals surface area contributed by atoms with Gasteiger partial charge in [0.1, 0.15) is 5.75 Å². The van der Waals surface area contributed by atoms with Gasteiger partial charge in [-0.2, -0.15) is 0 Å². The number of ether oxygens (including phenoxy) is 1. The summed E-state index contributed by atoms with van der Waals surface area (Å²) in [6.07, 6.45) is 2.24. The van der Waals surface area contributed by atoms with Gasteiger partial charge in [0.25, 0.3) is 5.91 Å². The molecule has 1 aliphatic heterocycles. The monoisotopic (exact) mass is 336 g/mol. The van der Waals surface area contributed by atoms with Crippen LogP contribution in [0.3, 0.4) is 0 Å². The first kappa shape index (κ1) is 16.2. The molecule has 1 saturated heterocycles. The van der Waals surface area contributed by atoms with Crippen LogP contribution in [-0.4, -0.2) is 36.5 Å². The fourth-order valence-electron chi connectivity index (χ4n) is 4.19. The molecular weight excluding hydrogens is 312 g/mol. The van der Waals surface area contributed by atoms with Crippen LogP contribution in [-0.2, 0) is 4.79 Å². The van der Waals surface area contributed by atoms with Gasteiger partial charge in [-0.15, -0.1) is 0 Å². The van der Waals surface area contributed by atoms with Crippen LogP contribution in [0.1, 0.15) is 12.8 Å². The second-order valence-corrected chi connectivity index (χ2v) is 7.11. The van der Waals surface area contributed by atoms with Gasteiger partial charge in [-0.3, -0.25) is 4.79 Å². The molecule has 130 valence electrons. The third-order valence-electron chi connectivity index (χ3n) is 5.59. The Morgan fingerprint density at radius 3 is 2.60 bits per heavy atom. The minimum atomic E-state index is 0.0597. The first-order valence-corrected chi connectivity index (χ1v) is 9.03. The standard InChI is InChI=1S/C21H24N2O2/c22-19-11-10-16-12-23(13-18(16)19)21(24)14-25-20-9-5-4-8-17(20)15-6-2-1-3-7-15/h1-9,16,18-19H,10-14,22H2. The van der Waals surface area contributed by atoms with Gasteiger partial charge in [0.05, 0.1) is 0 Å². The van der Waals surface area contributed by atoms with Gasteiger partial charge in [-0.1, -0.05) is 48.5 Å². The molecule has 0 aromatic heterocycles. The molecule has 2 aromatic carbocycles. The van der Waals surface area contributed by atoms with Crippen LogP contribution in [0, 0.1) is 11.8 Å². The van der Waals surface area contributed by atoms with E-state index < -0.39 is 0 Å². The second kappa shape index (κ2) is 6.89. The largest absolute Gasteiger partial charge is 0.483 e. The Morgan fingerprint density at radius 2 is 1.80 bits per heavy atom. The molecular formula is C21H24N2O2. The summed E-state index contributed by atoms with van der Waals surface area (Å²) in [5.41, 5.74) is 8.26. The lowest BCUT2D eigenvalue weighted by molar-refractivity contribution is -0.132. The number of fused-ring (bicyclic) bond motifs is 1. The quantitative estimate of drug-likeness (QED) is 0.934. The summed E-state index contributed by atoms with van der Waals surface area (Å²) in [6.45, 7) is 1.70. The number of nitrogens with two attached hydrogens (primary N) is 1. The Hall–Kier alpha value is -2.33. The highest BCUT2D eigenvalue weighted by Gasteiger charge is 2.42. The second-order valence-electron chi connectivity index (χ2n) is 7.11. The van der Waals surface area contributed by atoms with Crippen molar-refractivity contribution in [3.8, 4) is 16.9 Å². The van der Waals surface area contributed by atoms with Gasteiger partial charge in [0, 0.05) is 24.7 Å². The minimum absolute atomic E-state index is 0.0597. The van der Waals surface area contributed by atoms with Crippen molar-refractivity contribution in [1.29, 1.82) is 0 Å². The average molecular weight is 336 g/mol. The van der Waals surface area contributed by atoms with Crippen molar-refractivity contribution in [2.45, 2.75) is 18.9 Å². The highest BCUT2D eigenvalue weighted by molar-refractivity contribution is 5.79. The van der Waals surface area contributed by atoms with E-state index in [-0.39, 0.29) is 18.6 Å². The van der Waals surface area contributed by atoms with Crippen molar-refractivity contribution in [2.24, 2.45) is 17.6 Å². The van der Waals surface area contributed by atoms with Crippen molar-refractivity contribution in [3.05, 3.63) is 54.6 Å². The van der Waals surface area contributed by atoms with Crippen molar-refractivity contribution in [3.63, 3.8) is 0 Å². The molecule has 1 saturated carbocycles. The van der Waals surface area contributed by atoms with Gasteiger partial charge in [-0.05, 0) is 36.3 Å². The normalized spacial score (nSPS) is 25.0. The topological polar surface area (TPSA) is 55.6 Å². The number of likely N-dealkylation sites (tertiary alicyclic amines) is 1. The third kappa shape index (κ3) is 3.27. The smallest absolute Gasteiger partial charge is 0.260 e. The zero-order chi connectivity index (χ0) is 17.2.